The number of nitrogens with zero attached hydrogens (tertiary/aromatic N) is 2. The third-order valence-corrected chi connectivity index (χ3v) is 7.43. The molecule has 7 heteroatoms. The van der Waals surface area contributed by atoms with Gasteiger partial charge >= 0.3 is 0 Å². The third-order valence-electron chi connectivity index (χ3n) is 6.27. The van der Waals surface area contributed by atoms with Crippen LogP contribution in [0.4, 0.5) is 11.5 Å². The van der Waals surface area contributed by atoms with Crippen LogP contribution in [0.3, 0.4) is 0 Å². The molecule has 1 saturated heterocycles. The van der Waals surface area contributed by atoms with Crippen LogP contribution in [0, 0.1) is 5.92 Å². The van der Waals surface area contributed by atoms with E-state index >= 15 is 0 Å². The van der Waals surface area contributed by atoms with Crippen LogP contribution in [0.25, 0.3) is 0 Å². The molecule has 0 radical (unpaired) electrons. The van der Waals surface area contributed by atoms with Crippen molar-refractivity contribution in [2.45, 2.75) is 56.4 Å². The first-order valence-electron chi connectivity index (χ1n) is 11.7. The van der Waals surface area contributed by atoms with Crippen LogP contribution in [0.2, 0.25) is 0 Å². The Balaban J connectivity index is 1.45. The molecule has 1 aromatic heterocycles. The van der Waals surface area contributed by atoms with Gasteiger partial charge in [0.05, 0.1) is 24.2 Å². The van der Waals surface area contributed by atoms with E-state index in [2.05, 4.69) is 10.2 Å². The van der Waals surface area contributed by atoms with Crippen molar-refractivity contribution in [1.29, 1.82) is 0 Å². The summed E-state index contributed by atoms with van der Waals surface area (Å²) in [6.45, 7) is 1.94. The van der Waals surface area contributed by atoms with E-state index in [1.165, 1.54) is 38.2 Å². The van der Waals surface area contributed by atoms with E-state index in [9.17, 15) is 9.90 Å². The van der Waals surface area contributed by atoms with Gasteiger partial charge in [0, 0.05) is 24.9 Å². The second-order valence-corrected chi connectivity index (χ2v) is 9.83. The standard InChI is InChI=1S/C25H33N3O3S/c1-31-21-14-19(13-20(29)16-21)15-23(30)26-22-9-10-24(27-25(22)28-11-5-6-12-28)32-17-18-7-3-2-4-8-18/h9-10,13-14,16,18,29H,2-8,11-12,15,17H2,1H3,(H,26,30). The fourth-order valence-corrected chi connectivity index (χ4v) is 5.63. The van der Waals surface area contributed by atoms with Crippen molar-refractivity contribution in [3.63, 3.8) is 0 Å². The zero-order valence-electron chi connectivity index (χ0n) is 18.8. The Bertz CT molecular complexity index is 925. The molecule has 1 aromatic carbocycles. The summed E-state index contributed by atoms with van der Waals surface area (Å²) in [6, 6.07) is 8.90. The largest absolute Gasteiger partial charge is 0.508 e. The Labute approximate surface area is 194 Å². The molecule has 2 N–H and O–H groups in total. The maximum Gasteiger partial charge on any atom is 0.228 e. The van der Waals surface area contributed by atoms with E-state index in [4.69, 9.17) is 9.72 Å². The number of thioether (sulfide) groups is 1. The topological polar surface area (TPSA) is 74.7 Å². The summed E-state index contributed by atoms with van der Waals surface area (Å²) < 4.78 is 5.19. The molecule has 1 aliphatic carbocycles. The highest BCUT2D eigenvalue weighted by Crippen LogP contribution is 2.33. The van der Waals surface area contributed by atoms with Gasteiger partial charge < -0.3 is 20.1 Å². The monoisotopic (exact) mass is 455 g/mol. The Morgan fingerprint density at radius 3 is 2.69 bits per heavy atom. The molecule has 0 atom stereocenters. The van der Waals surface area contributed by atoms with Crippen LogP contribution in [-0.2, 0) is 11.2 Å². The molecule has 0 bridgehead atoms. The van der Waals surface area contributed by atoms with Gasteiger partial charge in [-0.15, -0.1) is 11.8 Å². The lowest BCUT2D eigenvalue weighted by Gasteiger charge is -2.23. The second-order valence-electron chi connectivity index (χ2n) is 8.79. The Hall–Kier alpha value is -2.41. The summed E-state index contributed by atoms with van der Waals surface area (Å²) >= 11 is 1.84. The van der Waals surface area contributed by atoms with Crippen molar-refractivity contribution in [2.24, 2.45) is 5.92 Å². The Morgan fingerprint density at radius 1 is 1.16 bits per heavy atom. The number of phenolic OH excluding ortho intramolecular Hbond substituents is 1. The maximum atomic E-state index is 12.8. The summed E-state index contributed by atoms with van der Waals surface area (Å²) in [7, 11) is 1.54. The maximum absolute atomic E-state index is 12.8. The first-order valence-corrected chi connectivity index (χ1v) is 12.6. The van der Waals surface area contributed by atoms with Crippen LogP contribution >= 0.6 is 11.8 Å². The molecular weight excluding hydrogens is 422 g/mol. The average Bonchev–Trinajstić information content (AvgIpc) is 3.33. The number of benzene rings is 1. The number of nitrogens with one attached hydrogen (secondary N) is 1. The van der Waals surface area contributed by atoms with Gasteiger partial charge in [-0.2, -0.15) is 0 Å². The van der Waals surface area contributed by atoms with Crippen LogP contribution in [-0.4, -0.2) is 41.9 Å². The van der Waals surface area contributed by atoms with Gasteiger partial charge in [0.25, 0.3) is 0 Å². The zero-order valence-corrected chi connectivity index (χ0v) is 19.6. The zero-order chi connectivity index (χ0) is 22.3. The first-order chi connectivity index (χ1) is 15.6. The highest BCUT2D eigenvalue weighted by Gasteiger charge is 2.20. The number of ether oxygens (including phenoxy) is 1. The summed E-state index contributed by atoms with van der Waals surface area (Å²) in [5.41, 5.74) is 1.46. The fraction of sp³-hybridized carbons (Fsp3) is 0.520. The average molecular weight is 456 g/mol. The molecule has 32 heavy (non-hydrogen) atoms. The van der Waals surface area contributed by atoms with Crippen LogP contribution in [0.1, 0.15) is 50.5 Å². The molecule has 2 aromatic rings. The third kappa shape index (κ3) is 6.09. The molecule has 172 valence electrons. The fourth-order valence-electron chi connectivity index (χ4n) is 4.58. The minimum Gasteiger partial charge on any atom is -0.508 e. The normalized spacial score (nSPS) is 16.8. The van der Waals surface area contributed by atoms with Crippen LogP contribution in [0.5, 0.6) is 11.5 Å². The Kier molecular flexibility index (Phi) is 7.79. The highest BCUT2D eigenvalue weighted by atomic mass is 32.2. The Morgan fingerprint density at radius 2 is 1.94 bits per heavy atom. The van der Waals surface area contributed by atoms with Gasteiger partial charge in [0.2, 0.25) is 5.91 Å². The molecule has 1 saturated carbocycles. The lowest BCUT2D eigenvalue weighted by Crippen LogP contribution is -2.23. The quantitative estimate of drug-likeness (QED) is 0.530. The summed E-state index contributed by atoms with van der Waals surface area (Å²) in [4.78, 5) is 20.0. The molecule has 1 amide bonds. The van der Waals surface area contributed by atoms with Gasteiger partial charge in [0.15, 0.2) is 5.82 Å². The SMILES string of the molecule is COc1cc(O)cc(CC(=O)Nc2ccc(SCC3CCCCC3)nc2N2CCCC2)c1. The number of methoxy groups -OCH3 is 1. The van der Waals surface area contributed by atoms with E-state index in [1.807, 2.05) is 23.9 Å². The number of pyridine rings is 1. The molecule has 2 heterocycles. The minimum absolute atomic E-state index is 0.0888. The number of aromatic hydroxyl groups is 1. The molecule has 6 nitrogen and oxygen atoms in total. The van der Waals surface area contributed by atoms with E-state index in [-0.39, 0.29) is 18.1 Å². The lowest BCUT2D eigenvalue weighted by molar-refractivity contribution is -0.115. The summed E-state index contributed by atoms with van der Waals surface area (Å²) in [5, 5.41) is 13.9. The number of carbonyl (C=O) groups is 1. The number of aromatic nitrogens is 1. The molecule has 4 rings (SSSR count). The molecule has 1 aliphatic heterocycles. The van der Waals surface area contributed by atoms with Crippen molar-refractivity contribution in [3.8, 4) is 11.5 Å². The summed E-state index contributed by atoms with van der Waals surface area (Å²) in [6.07, 6.45) is 9.21. The van der Waals surface area contributed by atoms with Crippen LogP contribution < -0.4 is 15.0 Å². The highest BCUT2D eigenvalue weighted by molar-refractivity contribution is 7.99. The van der Waals surface area contributed by atoms with Gasteiger partial charge in [0.1, 0.15) is 11.5 Å². The van der Waals surface area contributed by atoms with E-state index in [0.29, 0.717) is 11.3 Å². The van der Waals surface area contributed by atoms with Crippen molar-refractivity contribution < 1.29 is 14.6 Å². The molecular formula is C25H33N3O3S. The second kappa shape index (κ2) is 10.9. The molecule has 0 unspecified atom stereocenters. The molecule has 2 aliphatic rings. The lowest BCUT2D eigenvalue weighted by atomic mass is 9.91. The smallest absolute Gasteiger partial charge is 0.228 e. The number of amides is 1. The molecule has 0 spiro atoms. The predicted octanol–water partition coefficient (Wildman–Crippen LogP) is 5.25. The van der Waals surface area contributed by atoms with E-state index in [1.54, 1.807) is 19.2 Å². The number of carbonyl (C=O) groups excluding carboxylic acids is 1. The number of hydrogen-bond acceptors (Lipinski definition) is 6. The molecule has 2 fully saturated rings. The van der Waals surface area contributed by atoms with Gasteiger partial charge in [-0.25, -0.2) is 4.98 Å². The summed E-state index contributed by atoms with van der Waals surface area (Å²) in [5.74, 6) is 3.28. The predicted molar refractivity (Wildman–Crippen MR) is 130 cm³/mol. The number of hydrogen-bond donors (Lipinski definition) is 2. The van der Waals surface area contributed by atoms with Gasteiger partial charge in [-0.05, 0) is 61.4 Å². The van der Waals surface area contributed by atoms with Crippen molar-refractivity contribution in [2.75, 3.05) is 36.2 Å². The van der Waals surface area contributed by atoms with Gasteiger partial charge in [-0.3, -0.25) is 4.79 Å². The minimum atomic E-state index is -0.137. The van der Waals surface area contributed by atoms with Crippen molar-refractivity contribution in [1.82, 2.24) is 4.98 Å². The van der Waals surface area contributed by atoms with Crippen LogP contribution in [0.15, 0.2) is 35.4 Å². The number of phenols is 1. The van der Waals surface area contributed by atoms with Crippen molar-refractivity contribution in [3.05, 3.63) is 35.9 Å². The van der Waals surface area contributed by atoms with E-state index < -0.39 is 0 Å². The first kappa shape index (κ1) is 22.8. The number of rotatable bonds is 8. The van der Waals surface area contributed by atoms with E-state index in [0.717, 1.165) is 54.1 Å². The van der Waals surface area contributed by atoms with Crippen molar-refractivity contribution >= 4 is 29.2 Å². The van der Waals surface area contributed by atoms with Gasteiger partial charge in [-0.1, -0.05) is 19.3 Å². The number of anilines is 2.